The van der Waals surface area contributed by atoms with Gasteiger partial charge < -0.3 is 4.90 Å². The Balaban J connectivity index is 1.51. The molecule has 27 heavy (non-hydrogen) atoms. The lowest BCUT2D eigenvalue weighted by molar-refractivity contribution is 0.347. The molecule has 146 valence electrons. The van der Waals surface area contributed by atoms with Gasteiger partial charge in [-0.05, 0) is 49.8 Å². The Morgan fingerprint density at radius 3 is 2.59 bits per heavy atom. The summed E-state index contributed by atoms with van der Waals surface area (Å²) in [6.07, 6.45) is 5.45. The molecule has 2 fully saturated rings. The maximum Gasteiger partial charge on any atom is 0.252 e. The second-order valence-electron chi connectivity index (χ2n) is 7.59. The molecule has 4 heterocycles. The fourth-order valence-corrected chi connectivity index (χ4v) is 6.71. The van der Waals surface area contributed by atoms with Crippen LogP contribution < -0.4 is 4.90 Å². The standard InChI is InChI=1S/C19H26N4O2S2/c1-15-6-5-9-22(13-15)18-8-7-17(20-21-18)16-12-19(26-14-16)27(24,25)23-10-3-2-4-11-23/h7-8,12,14-15H,2-6,9-11,13H2,1H3/t15-/m0/s1. The molecule has 4 rings (SSSR count). The number of nitrogens with zero attached hydrogens (tertiary/aromatic N) is 4. The average Bonchev–Trinajstić information content (AvgIpc) is 3.20. The first-order valence-corrected chi connectivity index (χ1v) is 12.0. The van der Waals surface area contributed by atoms with Crippen molar-refractivity contribution in [2.24, 2.45) is 5.92 Å². The van der Waals surface area contributed by atoms with Gasteiger partial charge in [-0.2, -0.15) is 4.31 Å². The molecule has 6 nitrogen and oxygen atoms in total. The molecule has 0 N–H and O–H groups in total. The number of piperidine rings is 2. The highest BCUT2D eigenvalue weighted by Crippen LogP contribution is 2.31. The first-order valence-electron chi connectivity index (χ1n) is 9.72. The Hall–Kier alpha value is -1.51. The molecular formula is C19H26N4O2S2. The summed E-state index contributed by atoms with van der Waals surface area (Å²) < 4.78 is 27.6. The number of hydrogen-bond donors (Lipinski definition) is 0. The molecule has 2 aromatic rings. The van der Waals surface area contributed by atoms with Crippen LogP contribution in [-0.2, 0) is 10.0 Å². The second kappa shape index (κ2) is 7.85. The van der Waals surface area contributed by atoms with Crippen molar-refractivity contribution in [3.63, 3.8) is 0 Å². The van der Waals surface area contributed by atoms with Crippen LogP contribution in [0.15, 0.2) is 27.8 Å². The van der Waals surface area contributed by atoms with Crippen LogP contribution in [0.3, 0.4) is 0 Å². The first kappa shape index (κ1) is 18.8. The van der Waals surface area contributed by atoms with E-state index in [2.05, 4.69) is 22.0 Å². The Labute approximate surface area is 165 Å². The van der Waals surface area contributed by atoms with E-state index in [1.54, 1.807) is 10.4 Å². The molecule has 8 heteroatoms. The minimum Gasteiger partial charge on any atom is -0.355 e. The monoisotopic (exact) mass is 406 g/mol. The number of sulfonamides is 1. The van der Waals surface area contributed by atoms with E-state index >= 15 is 0 Å². The molecule has 0 radical (unpaired) electrons. The van der Waals surface area contributed by atoms with Crippen molar-refractivity contribution in [2.75, 3.05) is 31.1 Å². The fourth-order valence-electron chi connectivity index (χ4n) is 3.86. The zero-order valence-corrected chi connectivity index (χ0v) is 17.3. The van der Waals surface area contributed by atoms with E-state index in [0.717, 1.165) is 49.4 Å². The van der Waals surface area contributed by atoms with E-state index in [0.29, 0.717) is 23.2 Å². The summed E-state index contributed by atoms with van der Waals surface area (Å²) in [5.41, 5.74) is 1.54. The fraction of sp³-hybridized carbons (Fsp3) is 0.579. The number of aromatic nitrogens is 2. The van der Waals surface area contributed by atoms with Gasteiger partial charge in [-0.1, -0.05) is 13.3 Å². The Morgan fingerprint density at radius 2 is 1.89 bits per heavy atom. The third kappa shape index (κ3) is 4.02. The van der Waals surface area contributed by atoms with Gasteiger partial charge in [0.1, 0.15) is 4.21 Å². The van der Waals surface area contributed by atoms with Gasteiger partial charge in [0, 0.05) is 37.1 Å². The molecule has 2 aliphatic rings. The molecule has 0 saturated carbocycles. The van der Waals surface area contributed by atoms with Gasteiger partial charge in [-0.3, -0.25) is 0 Å². The van der Waals surface area contributed by atoms with E-state index in [1.165, 1.54) is 24.2 Å². The molecule has 0 aromatic carbocycles. The molecule has 0 bridgehead atoms. The first-order chi connectivity index (χ1) is 13.0. The van der Waals surface area contributed by atoms with Crippen molar-refractivity contribution < 1.29 is 8.42 Å². The highest BCUT2D eigenvalue weighted by atomic mass is 32.2. The van der Waals surface area contributed by atoms with Crippen molar-refractivity contribution in [1.29, 1.82) is 0 Å². The van der Waals surface area contributed by atoms with Crippen molar-refractivity contribution in [2.45, 2.75) is 43.2 Å². The van der Waals surface area contributed by atoms with Gasteiger partial charge in [0.15, 0.2) is 5.82 Å². The normalized spacial score (nSPS) is 22.1. The Morgan fingerprint density at radius 1 is 1.07 bits per heavy atom. The summed E-state index contributed by atoms with van der Waals surface area (Å²) >= 11 is 1.27. The number of thiophene rings is 1. The third-order valence-corrected chi connectivity index (χ3v) is 8.73. The maximum atomic E-state index is 12.8. The summed E-state index contributed by atoms with van der Waals surface area (Å²) in [4.78, 5) is 2.28. The van der Waals surface area contributed by atoms with Crippen molar-refractivity contribution in [1.82, 2.24) is 14.5 Å². The molecule has 2 aliphatic heterocycles. The molecule has 0 aliphatic carbocycles. The van der Waals surface area contributed by atoms with Crippen LogP contribution in [0.5, 0.6) is 0 Å². The molecule has 0 spiro atoms. The smallest absolute Gasteiger partial charge is 0.252 e. The van der Waals surface area contributed by atoms with Crippen LogP contribution in [0.2, 0.25) is 0 Å². The largest absolute Gasteiger partial charge is 0.355 e. The summed E-state index contributed by atoms with van der Waals surface area (Å²) in [6, 6.07) is 5.68. The van der Waals surface area contributed by atoms with Crippen molar-refractivity contribution in [3.8, 4) is 11.3 Å². The molecule has 0 unspecified atom stereocenters. The van der Waals surface area contributed by atoms with E-state index in [4.69, 9.17) is 0 Å². The molecular weight excluding hydrogens is 380 g/mol. The maximum absolute atomic E-state index is 12.8. The summed E-state index contributed by atoms with van der Waals surface area (Å²) in [7, 11) is -3.39. The van der Waals surface area contributed by atoms with Gasteiger partial charge >= 0.3 is 0 Å². The van der Waals surface area contributed by atoms with E-state index in [9.17, 15) is 8.42 Å². The van der Waals surface area contributed by atoms with Crippen LogP contribution in [0.25, 0.3) is 11.3 Å². The molecule has 1 atom stereocenters. The summed E-state index contributed by atoms with van der Waals surface area (Å²) in [5, 5.41) is 10.6. The molecule has 2 saturated heterocycles. The Kier molecular flexibility index (Phi) is 5.48. The lowest BCUT2D eigenvalue weighted by Crippen LogP contribution is -2.35. The SMILES string of the molecule is C[C@H]1CCCN(c2ccc(-c3csc(S(=O)(=O)N4CCCCC4)c3)nn2)C1. The minimum absolute atomic E-state index is 0.398. The summed E-state index contributed by atoms with van der Waals surface area (Å²) in [6.45, 7) is 5.56. The quantitative estimate of drug-likeness (QED) is 0.776. The third-order valence-electron chi connectivity index (χ3n) is 5.41. The number of rotatable bonds is 4. The molecule has 0 amide bonds. The van der Waals surface area contributed by atoms with Crippen LogP contribution in [0.1, 0.15) is 39.0 Å². The van der Waals surface area contributed by atoms with Gasteiger partial charge in [-0.15, -0.1) is 21.5 Å². The van der Waals surface area contributed by atoms with Crippen LogP contribution in [0, 0.1) is 5.92 Å². The lowest BCUT2D eigenvalue weighted by atomic mass is 10.0. The van der Waals surface area contributed by atoms with E-state index in [-0.39, 0.29) is 0 Å². The zero-order valence-electron chi connectivity index (χ0n) is 15.7. The Bertz CT molecular complexity index is 873. The predicted molar refractivity (Wildman–Crippen MR) is 109 cm³/mol. The van der Waals surface area contributed by atoms with E-state index < -0.39 is 10.0 Å². The van der Waals surface area contributed by atoms with Crippen LogP contribution in [-0.4, -0.2) is 49.1 Å². The molecule has 2 aromatic heterocycles. The zero-order chi connectivity index (χ0) is 18.9. The van der Waals surface area contributed by atoms with Crippen molar-refractivity contribution in [3.05, 3.63) is 23.6 Å². The predicted octanol–water partition coefficient (Wildman–Crippen LogP) is 3.62. The second-order valence-corrected chi connectivity index (χ2v) is 10.7. The number of hydrogen-bond acceptors (Lipinski definition) is 6. The lowest BCUT2D eigenvalue weighted by Gasteiger charge is -2.31. The number of anilines is 1. The van der Waals surface area contributed by atoms with Gasteiger partial charge in [0.05, 0.1) is 5.69 Å². The van der Waals surface area contributed by atoms with Gasteiger partial charge in [0.2, 0.25) is 0 Å². The average molecular weight is 407 g/mol. The van der Waals surface area contributed by atoms with E-state index in [1.807, 2.05) is 17.5 Å². The highest BCUT2D eigenvalue weighted by molar-refractivity contribution is 7.91. The van der Waals surface area contributed by atoms with Gasteiger partial charge in [-0.25, -0.2) is 8.42 Å². The topological polar surface area (TPSA) is 66.4 Å². The summed E-state index contributed by atoms with van der Waals surface area (Å²) in [5.74, 6) is 1.58. The van der Waals surface area contributed by atoms with Gasteiger partial charge in [0.25, 0.3) is 10.0 Å². The van der Waals surface area contributed by atoms with Crippen LogP contribution in [0.4, 0.5) is 5.82 Å². The highest BCUT2D eigenvalue weighted by Gasteiger charge is 2.27. The minimum atomic E-state index is -3.39. The van der Waals surface area contributed by atoms with Crippen molar-refractivity contribution >= 4 is 27.2 Å². The van der Waals surface area contributed by atoms with Crippen LogP contribution >= 0.6 is 11.3 Å².